The van der Waals surface area contributed by atoms with Gasteiger partial charge < -0.3 is 31.0 Å². The number of hydrogen-bond acceptors (Lipinski definition) is 6. The van der Waals surface area contributed by atoms with Crippen molar-refractivity contribution in [3.63, 3.8) is 0 Å². The van der Waals surface area contributed by atoms with E-state index in [0.29, 0.717) is 6.42 Å². The predicted octanol–water partition coefficient (Wildman–Crippen LogP) is 0.300. The number of rotatable bonds is 13. The molecule has 0 radical (unpaired) electrons. The number of nitrogens with one attached hydrogen (secondary N) is 4. The van der Waals surface area contributed by atoms with Crippen LogP contribution >= 0.6 is 0 Å². The lowest BCUT2D eigenvalue weighted by Crippen LogP contribution is -2.45. The minimum atomic E-state index is -0.707. The highest BCUT2D eigenvalue weighted by Gasteiger charge is 2.29. The second-order valence-electron chi connectivity index (χ2n) is 8.46. The van der Waals surface area contributed by atoms with E-state index in [-0.39, 0.29) is 30.3 Å². The second kappa shape index (κ2) is 13.7. The van der Waals surface area contributed by atoms with Crippen molar-refractivity contribution < 1.29 is 19.2 Å². The first-order chi connectivity index (χ1) is 15.9. The smallest absolute Gasteiger partial charge is 0.249 e. The third-order valence-electron chi connectivity index (χ3n) is 5.92. The van der Waals surface area contributed by atoms with Gasteiger partial charge in [-0.05, 0) is 64.3 Å². The first-order valence-electron chi connectivity index (χ1n) is 11.6. The summed E-state index contributed by atoms with van der Waals surface area (Å²) in [4.78, 5) is 50.3. The van der Waals surface area contributed by atoms with Gasteiger partial charge in [0.05, 0.1) is 18.6 Å². The Morgan fingerprint density at radius 1 is 1.06 bits per heavy atom. The zero-order valence-electron chi connectivity index (χ0n) is 19.9. The predicted molar refractivity (Wildman–Crippen MR) is 127 cm³/mol. The fourth-order valence-corrected chi connectivity index (χ4v) is 3.80. The number of likely N-dealkylation sites (N-methyl/N-ethyl adjacent to an activating group) is 2. The Bertz CT molecular complexity index is 793. The molecule has 0 saturated carbocycles. The number of hydrogen-bond donors (Lipinski definition) is 4. The molecule has 1 aliphatic rings. The summed E-state index contributed by atoms with van der Waals surface area (Å²) in [6.07, 6.45) is 4.75. The van der Waals surface area contributed by atoms with E-state index in [1.165, 1.54) is 0 Å². The molecule has 1 heterocycles. The number of aldehydes is 1. The molecule has 0 bridgehead atoms. The third-order valence-corrected chi connectivity index (χ3v) is 5.92. The van der Waals surface area contributed by atoms with Crippen molar-refractivity contribution in [1.29, 1.82) is 0 Å². The summed E-state index contributed by atoms with van der Waals surface area (Å²) in [6.45, 7) is 3.32. The highest BCUT2D eigenvalue weighted by Crippen LogP contribution is 2.20. The Morgan fingerprint density at radius 2 is 1.73 bits per heavy atom. The lowest BCUT2D eigenvalue weighted by Gasteiger charge is -2.24. The SMILES string of the molecule is CNCC(=O)NC(C(=O)N1CCCC1)c1ccc(CCCC(C=O)NC(=O)[C@H](C)NC)cc1. The molecule has 1 saturated heterocycles. The molecule has 182 valence electrons. The largest absolute Gasteiger partial charge is 0.345 e. The molecule has 0 aromatic heterocycles. The van der Waals surface area contributed by atoms with Crippen LogP contribution in [0.2, 0.25) is 0 Å². The summed E-state index contributed by atoms with van der Waals surface area (Å²) in [6, 6.07) is 6.06. The normalized spacial score (nSPS) is 16.0. The summed E-state index contributed by atoms with van der Waals surface area (Å²) in [5.74, 6) is -0.508. The lowest BCUT2D eigenvalue weighted by atomic mass is 10.00. The zero-order valence-corrected chi connectivity index (χ0v) is 19.9. The van der Waals surface area contributed by atoms with Crippen molar-refractivity contribution in [2.24, 2.45) is 0 Å². The Labute approximate surface area is 196 Å². The minimum Gasteiger partial charge on any atom is -0.345 e. The van der Waals surface area contributed by atoms with Gasteiger partial charge in [0, 0.05) is 13.1 Å². The van der Waals surface area contributed by atoms with Crippen LogP contribution in [0.3, 0.4) is 0 Å². The maximum atomic E-state index is 13.0. The molecule has 1 aromatic rings. The molecule has 3 amide bonds. The summed E-state index contributed by atoms with van der Waals surface area (Å²) >= 11 is 0. The van der Waals surface area contributed by atoms with Crippen LogP contribution in [0.4, 0.5) is 0 Å². The van der Waals surface area contributed by atoms with E-state index in [0.717, 1.165) is 56.2 Å². The maximum Gasteiger partial charge on any atom is 0.249 e. The molecule has 9 heteroatoms. The minimum absolute atomic E-state index is 0.0786. The summed E-state index contributed by atoms with van der Waals surface area (Å²) in [5.41, 5.74) is 1.81. The molecule has 4 N–H and O–H groups in total. The maximum absolute atomic E-state index is 13.0. The Balaban J connectivity index is 1.97. The van der Waals surface area contributed by atoms with E-state index in [9.17, 15) is 19.2 Å². The van der Waals surface area contributed by atoms with Crippen LogP contribution in [-0.2, 0) is 25.6 Å². The molecule has 9 nitrogen and oxygen atoms in total. The molecular formula is C24H37N5O4. The number of aryl methyl sites for hydroxylation is 1. The van der Waals surface area contributed by atoms with Crippen molar-refractivity contribution in [2.45, 2.75) is 57.2 Å². The van der Waals surface area contributed by atoms with Gasteiger partial charge in [0.25, 0.3) is 0 Å². The quantitative estimate of drug-likeness (QED) is 0.315. The third kappa shape index (κ3) is 8.25. The van der Waals surface area contributed by atoms with Gasteiger partial charge in [0.1, 0.15) is 12.3 Å². The lowest BCUT2D eigenvalue weighted by molar-refractivity contribution is -0.135. The van der Waals surface area contributed by atoms with Crippen molar-refractivity contribution in [3.05, 3.63) is 35.4 Å². The molecule has 2 unspecified atom stereocenters. The molecule has 0 spiro atoms. The van der Waals surface area contributed by atoms with Crippen LogP contribution < -0.4 is 21.3 Å². The number of amides is 3. The van der Waals surface area contributed by atoms with Gasteiger partial charge in [-0.1, -0.05) is 24.3 Å². The van der Waals surface area contributed by atoms with Crippen molar-refractivity contribution in [1.82, 2.24) is 26.2 Å². The number of nitrogens with zero attached hydrogens (tertiary/aromatic N) is 1. The summed E-state index contributed by atoms with van der Waals surface area (Å²) in [7, 11) is 3.38. The average Bonchev–Trinajstić information content (AvgIpc) is 3.36. The van der Waals surface area contributed by atoms with Gasteiger partial charge in [0.2, 0.25) is 17.7 Å². The molecule has 1 aromatic carbocycles. The van der Waals surface area contributed by atoms with E-state index in [2.05, 4.69) is 21.3 Å². The number of likely N-dealkylation sites (tertiary alicyclic amines) is 1. The van der Waals surface area contributed by atoms with E-state index < -0.39 is 12.1 Å². The van der Waals surface area contributed by atoms with Gasteiger partial charge in [-0.2, -0.15) is 0 Å². The standard InChI is InChI=1S/C24H37N5O4/c1-17(26-3)23(32)27-20(16-30)8-6-7-18-9-11-19(12-10-18)22(28-21(31)15-25-2)24(33)29-13-4-5-14-29/h9-12,16-17,20,22,25-26H,4-8,13-15H2,1-3H3,(H,27,32)(H,28,31)/t17-,20?,22?/m0/s1. The number of carbonyl (C=O) groups excluding carboxylic acids is 4. The van der Waals surface area contributed by atoms with Gasteiger partial charge >= 0.3 is 0 Å². The van der Waals surface area contributed by atoms with E-state index in [4.69, 9.17) is 0 Å². The molecule has 0 aliphatic carbocycles. The van der Waals surface area contributed by atoms with E-state index >= 15 is 0 Å². The number of carbonyl (C=O) groups is 4. The highest BCUT2D eigenvalue weighted by molar-refractivity contribution is 5.89. The second-order valence-corrected chi connectivity index (χ2v) is 8.46. The molecule has 3 atom stereocenters. The topological polar surface area (TPSA) is 120 Å². The van der Waals surface area contributed by atoms with Crippen molar-refractivity contribution in [3.8, 4) is 0 Å². The van der Waals surface area contributed by atoms with E-state index in [1.807, 2.05) is 24.3 Å². The fraction of sp³-hybridized carbons (Fsp3) is 0.583. The first kappa shape index (κ1) is 26.5. The van der Waals surface area contributed by atoms with Crippen LogP contribution in [0, 0.1) is 0 Å². The highest BCUT2D eigenvalue weighted by atomic mass is 16.2. The van der Waals surface area contributed by atoms with Crippen LogP contribution in [0.1, 0.15) is 49.8 Å². The van der Waals surface area contributed by atoms with Gasteiger partial charge in [-0.3, -0.25) is 14.4 Å². The molecule has 1 fully saturated rings. The Kier molecular flexibility index (Phi) is 11.0. The van der Waals surface area contributed by atoms with Crippen LogP contribution in [-0.4, -0.2) is 74.7 Å². The molecule has 33 heavy (non-hydrogen) atoms. The molecular weight excluding hydrogens is 422 g/mol. The van der Waals surface area contributed by atoms with Crippen LogP contribution in [0.15, 0.2) is 24.3 Å². The monoisotopic (exact) mass is 459 g/mol. The molecule has 1 aliphatic heterocycles. The van der Waals surface area contributed by atoms with Gasteiger partial charge in [0.15, 0.2) is 0 Å². The van der Waals surface area contributed by atoms with Crippen molar-refractivity contribution in [2.75, 3.05) is 33.7 Å². The Hall–Kier alpha value is -2.78. The fourth-order valence-electron chi connectivity index (χ4n) is 3.80. The Morgan fingerprint density at radius 3 is 2.30 bits per heavy atom. The van der Waals surface area contributed by atoms with Crippen LogP contribution in [0.25, 0.3) is 0 Å². The summed E-state index contributed by atoms with van der Waals surface area (Å²) < 4.78 is 0. The average molecular weight is 460 g/mol. The van der Waals surface area contributed by atoms with E-state index in [1.54, 1.807) is 25.9 Å². The van der Waals surface area contributed by atoms with Gasteiger partial charge in [-0.15, -0.1) is 0 Å². The molecule has 2 rings (SSSR count). The number of benzene rings is 1. The summed E-state index contributed by atoms with van der Waals surface area (Å²) in [5, 5.41) is 11.2. The first-order valence-corrected chi connectivity index (χ1v) is 11.6. The van der Waals surface area contributed by atoms with Gasteiger partial charge in [-0.25, -0.2) is 0 Å². The zero-order chi connectivity index (χ0) is 24.2. The van der Waals surface area contributed by atoms with Crippen LogP contribution in [0.5, 0.6) is 0 Å². The van der Waals surface area contributed by atoms with Crippen molar-refractivity contribution >= 4 is 24.0 Å².